The second-order valence-electron chi connectivity index (χ2n) is 8.91. The van der Waals surface area contributed by atoms with Gasteiger partial charge in [-0.05, 0) is 42.0 Å². The Balaban J connectivity index is 1.12. The first-order chi connectivity index (χ1) is 17.1. The van der Waals surface area contributed by atoms with Gasteiger partial charge < -0.3 is 9.47 Å². The van der Waals surface area contributed by atoms with E-state index in [9.17, 15) is 4.79 Å². The molecule has 8 heteroatoms. The van der Waals surface area contributed by atoms with Crippen molar-refractivity contribution in [1.29, 1.82) is 0 Å². The van der Waals surface area contributed by atoms with E-state index < -0.39 is 0 Å². The van der Waals surface area contributed by atoms with E-state index in [1.807, 2.05) is 59.5 Å². The summed E-state index contributed by atoms with van der Waals surface area (Å²) in [6.07, 6.45) is 0. The maximum Gasteiger partial charge on any atom is 0.278 e. The summed E-state index contributed by atoms with van der Waals surface area (Å²) in [5.41, 5.74) is 4.30. The summed E-state index contributed by atoms with van der Waals surface area (Å²) in [6, 6.07) is 21.8. The van der Waals surface area contributed by atoms with Crippen LogP contribution in [0.5, 0.6) is 11.5 Å². The first kappa shape index (κ1) is 22.3. The van der Waals surface area contributed by atoms with E-state index in [1.165, 1.54) is 5.56 Å². The monoisotopic (exact) mass is 532 g/mol. The van der Waals surface area contributed by atoms with E-state index in [0.29, 0.717) is 19.2 Å². The van der Waals surface area contributed by atoms with Crippen LogP contribution in [0.2, 0.25) is 0 Å². The number of hydrogen-bond donors (Lipinski definition) is 0. The van der Waals surface area contributed by atoms with Gasteiger partial charge in [0.1, 0.15) is 5.71 Å². The number of hydrogen-bond acceptors (Lipinski definition) is 6. The Morgan fingerprint density at radius 2 is 1.66 bits per heavy atom. The van der Waals surface area contributed by atoms with E-state index in [4.69, 9.17) is 14.5 Å². The van der Waals surface area contributed by atoms with Gasteiger partial charge in [-0.25, -0.2) is 4.99 Å². The van der Waals surface area contributed by atoms with Crippen LogP contribution in [0, 0.1) is 0 Å². The summed E-state index contributed by atoms with van der Waals surface area (Å²) >= 11 is 3.49. The minimum atomic E-state index is -0.0473. The third-order valence-electron chi connectivity index (χ3n) is 6.60. The fourth-order valence-corrected chi connectivity index (χ4v) is 5.16. The summed E-state index contributed by atoms with van der Waals surface area (Å²) in [5.74, 6) is 1.60. The molecule has 0 aromatic heterocycles. The average Bonchev–Trinajstić information content (AvgIpc) is 3.44. The van der Waals surface area contributed by atoms with Crippen molar-refractivity contribution in [3.63, 3.8) is 0 Å². The Morgan fingerprint density at radius 3 is 2.51 bits per heavy atom. The number of ether oxygens (including phenoxy) is 2. The fraction of sp³-hybridized carbons (Fsp3) is 0.259. The van der Waals surface area contributed by atoms with Gasteiger partial charge in [0.25, 0.3) is 5.91 Å². The van der Waals surface area contributed by atoms with Crippen LogP contribution in [0.4, 0.5) is 11.4 Å². The molecule has 1 fully saturated rings. The number of nitrogens with zero attached hydrogens (tertiary/aromatic N) is 4. The molecule has 1 saturated heterocycles. The quantitative estimate of drug-likeness (QED) is 0.486. The second-order valence-corrected chi connectivity index (χ2v) is 9.83. The van der Waals surface area contributed by atoms with Crippen LogP contribution >= 0.6 is 15.9 Å². The maximum absolute atomic E-state index is 13.4. The topological polar surface area (TPSA) is 57.6 Å². The van der Waals surface area contributed by atoms with Crippen molar-refractivity contribution in [1.82, 2.24) is 9.80 Å². The van der Waals surface area contributed by atoms with Gasteiger partial charge >= 0.3 is 0 Å². The largest absolute Gasteiger partial charge is 0.454 e. The molecular formula is C27H25BrN4O3. The summed E-state index contributed by atoms with van der Waals surface area (Å²) < 4.78 is 11.9. The van der Waals surface area contributed by atoms with Gasteiger partial charge in [0.2, 0.25) is 6.79 Å². The maximum atomic E-state index is 13.4. The number of carbonyl (C=O) groups is 1. The van der Waals surface area contributed by atoms with Crippen LogP contribution in [0.3, 0.4) is 0 Å². The van der Waals surface area contributed by atoms with Crippen molar-refractivity contribution in [2.45, 2.75) is 6.54 Å². The summed E-state index contributed by atoms with van der Waals surface area (Å²) in [5, 5.41) is 0. The van der Waals surface area contributed by atoms with Gasteiger partial charge in [-0.3, -0.25) is 19.5 Å². The van der Waals surface area contributed by atoms with Crippen molar-refractivity contribution in [3.8, 4) is 11.5 Å². The third-order valence-corrected chi connectivity index (χ3v) is 7.09. The number of carbonyl (C=O) groups excluding carboxylic acids is 1. The highest BCUT2D eigenvalue weighted by Gasteiger charge is 2.35. The molecule has 178 valence electrons. The standard InChI is InChI=1S/C27H25BrN4O3/c28-20-4-3-5-21(15-20)29-26-22-6-1-2-7-23(22)32(27(26)33)17-31-12-10-30(11-13-31)16-19-8-9-24-25(14-19)35-18-34-24/h1-9,14-15H,10-13,16-18H2. The molecule has 0 bridgehead atoms. The van der Waals surface area contributed by atoms with E-state index >= 15 is 0 Å². The van der Waals surface area contributed by atoms with Crippen LogP contribution in [0.15, 0.2) is 76.2 Å². The molecule has 3 aromatic carbocycles. The molecule has 3 aliphatic rings. The Morgan fingerprint density at radius 1 is 0.857 bits per heavy atom. The minimum Gasteiger partial charge on any atom is -0.454 e. The number of para-hydroxylation sites is 1. The van der Waals surface area contributed by atoms with Crippen molar-refractivity contribution in [2.24, 2.45) is 4.99 Å². The molecule has 0 spiro atoms. The zero-order valence-corrected chi connectivity index (χ0v) is 20.8. The molecule has 3 aliphatic heterocycles. The van der Waals surface area contributed by atoms with Gasteiger partial charge in [0, 0.05) is 42.8 Å². The number of amides is 1. The molecule has 35 heavy (non-hydrogen) atoms. The lowest BCUT2D eigenvalue weighted by Gasteiger charge is -2.36. The molecule has 0 unspecified atom stereocenters. The highest BCUT2D eigenvalue weighted by atomic mass is 79.9. The van der Waals surface area contributed by atoms with Gasteiger partial charge in [-0.2, -0.15) is 0 Å². The van der Waals surface area contributed by atoms with Gasteiger partial charge in [0.05, 0.1) is 18.0 Å². The predicted molar refractivity (Wildman–Crippen MR) is 139 cm³/mol. The van der Waals surface area contributed by atoms with Crippen LogP contribution in [-0.2, 0) is 11.3 Å². The molecule has 6 rings (SSSR count). The van der Waals surface area contributed by atoms with Gasteiger partial charge in [-0.15, -0.1) is 0 Å². The molecule has 3 aromatic rings. The Bertz CT molecular complexity index is 1300. The molecule has 0 aliphatic carbocycles. The summed E-state index contributed by atoms with van der Waals surface area (Å²) in [4.78, 5) is 24.8. The van der Waals surface area contributed by atoms with Crippen LogP contribution < -0.4 is 14.4 Å². The lowest BCUT2D eigenvalue weighted by molar-refractivity contribution is -0.112. The van der Waals surface area contributed by atoms with Crippen LogP contribution in [-0.4, -0.2) is 61.1 Å². The number of fused-ring (bicyclic) bond motifs is 2. The number of rotatable bonds is 5. The summed E-state index contributed by atoms with van der Waals surface area (Å²) in [6.45, 7) is 5.41. The molecular weight excluding hydrogens is 508 g/mol. The van der Waals surface area contributed by atoms with Crippen LogP contribution in [0.1, 0.15) is 11.1 Å². The lowest BCUT2D eigenvalue weighted by Crippen LogP contribution is -2.50. The average molecular weight is 533 g/mol. The molecule has 7 nitrogen and oxygen atoms in total. The molecule has 1 amide bonds. The zero-order chi connectivity index (χ0) is 23.8. The number of aliphatic imine (C=N–C) groups is 1. The zero-order valence-electron chi connectivity index (χ0n) is 19.2. The van der Waals surface area contributed by atoms with E-state index in [0.717, 1.165) is 65.6 Å². The molecule has 0 saturated carbocycles. The van der Waals surface area contributed by atoms with Crippen molar-refractivity contribution < 1.29 is 14.3 Å². The summed E-state index contributed by atoms with van der Waals surface area (Å²) in [7, 11) is 0. The SMILES string of the molecule is O=C1C(=Nc2cccc(Br)c2)c2ccccc2N1CN1CCN(Cc2ccc3c(c2)OCO3)CC1. The number of halogens is 1. The number of piperazine rings is 1. The fourth-order valence-electron chi connectivity index (χ4n) is 4.77. The molecule has 0 atom stereocenters. The van der Waals surface area contributed by atoms with Crippen molar-refractivity contribution in [2.75, 3.05) is 44.5 Å². The van der Waals surface area contributed by atoms with Crippen molar-refractivity contribution >= 4 is 38.9 Å². The Labute approximate surface area is 212 Å². The number of anilines is 1. The first-order valence-electron chi connectivity index (χ1n) is 11.7. The Hall–Kier alpha value is -3.20. The number of benzene rings is 3. The van der Waals surface area contributed by atoms with Gasteiger partial charge in [-0.1, -0.05) is 46.3 Å². The van der Waals surface area contributed by atoms with E-state index in [2.05, 4.69) is 37.9 Å². The molecule has 0 radical (unpaired) electrons. The van der Waals surface area contributed by atoms with Crippen molar-refractivity contribution in [3.05, 3.63) is 82.3 Å². The third kappa shape index (κ3) is 4.57. The molecule has 0 N–H and O–H groups in total. The highest BCUT2D eigenvalue weighted by molar-refractivity contribution is 9.10. The van der Waals surface area contributed by atoms with E-state index in [-0.39, 0.29) is 5.91 Å². The second kappa shape index (κ2) is 9.45. The minimum absolute atomic E-state index is 0.0473. The lowest BCUT2D eigenvalue weighted by atomic mass is 10.1. The smallest absolute Gasteiger partial charge is 0.278 e. The normalized spacial score (nSPS) is 18.9. The molecule has 3 heterocycles. The highest BCUT2D eigenvalue weighted by Crippen LogP contribution is 2.33. The van der Waals surface area contributed by atoms with E-state index in [1.54, 1.807) is 0 Å². The van der Waals surface area contributed by atoms with Gasteiger partial charge in [0.15, 0.2) is 11.5 Å². The first-order valence-corrected chi connectivity index (χ1v) is 12.5. The Kier molecular flexibility index (Phi) is 6.01. The van der Waals surface area contributed by atoms with Crippen LogP contribution in [0.25, 0.3) is 0 Å². The predicted octanol–water partition coefficient (Wildman–Crippen LogP) is 4.42.